The van der Waals surface area contributed by atoms with Gasteiger partial charge in [-0.3, -0.25) is 0 Å². The second-order valence-corrected chi connectivity index (χ2v) is 6.96. The average Bonchev–Trinajstić information content (AvgIpc) is 2.60. The SMILES string of the molecule is C[C@@H]1C[C@@H](NC(=O)NCC2CCC(C#N)CC2)c2ccccc2O1. The fraction of sp³-hybridized carbons (Fsp3) is 0.579. The van der Waals surface area contributed by atoms with E-state index in [1.165, 1.54) is 0 Å². The van der Waals surface area contributed by atoms with Gasteiger partial charge < -0.3 is 15.4 Å². The van der Waals surface area contributed by atoms with Crippen molar-refractivity contribution >= 4 is 6.03 Å². The Bertz CT molecular complexity index is 617. The van der Waals surface area contributed by atoms with Crippen LogP contribution in [0.1, 0.15) is 50.6 Å². The zero-order valence-corrected chi connectivity index (χ0v) is 14.1. The van der Waals surface area contributed by atoms with Crippen molar-refractivity contribution in [1.82, 2.24) is 10.6 Å². The topological polar surface area (TPSA) is 74.2 Å². The van der Waals surface area contributed by atoms with E-state index in [4.69, 9.17) is 10.00 Å². The summed E-state index contributed by atoms with van der Waals surface area (Å²) in [4.78, 5) is 12.3. The Morgan fingerprint density at radius 2 is 2.04 bits per heavy atom. The molecule has 2 aliphatic rings. The molecule has 2 atom stereocenters. The lowest BCUT2D eigenvalue weighted by Gasteiger charge is -2.31. The van der Waals surface area contributed by atoms with E-state index >= 15 is 0 Å². The van der Waals surface area contributed by atoms with Crippen molar-refractivity contribution in [1.29, 1.82) is 5.26 Å². The molecule has 2 N–H and O–H groups in total. The van der Waals surface area contributed by atoms with Crippen molar-refractivity contribution in [3.05, 3.63) is 29.8 Å². The number of hydrogen-bond acceptors (Lipinski definition) is 3. The number of fused-ring (bicyclic) bond motifs is 1. The summed E-state index contributed by atoms with van der Waals surface area (Å²) in [6.45, 7) is 2.71. The highest BCUT2D eigenvalue weighted by molar-refractivity contribution is 5.74. The zero-order chi connectivity index (χ0) is 16.9. The summed E-state index contributed by atoms with van der Waals surface area (Å²) in [5, 5.41) is 15.0. The molecule has 0 spiro atoms. The monoisotopic (exact) mass is 327 g/mol. The standard InChI is InChI=1S/C19H25N3O2/c1-13-10-17(16-4-2-3-5-18(16)24-13)22-19(23)21-12-15-8-6-14(11-20)7-9-15/h2-5,13-15,17H,6-10,12H2,1H3,(H2,21,22,23)/t13-,14?,15?,17-/m1/s1. The number of nitrogens with one attached hydrogen (secondary N) is 2. The van der Waals surface area contributed by atoms with E-state index in [1.807, 2.05) is 31.2 Å². The average molecular weight is 327 g/mol. The van der Waals surface area contributed by atoms with Gasteiger partial charge in [-0.2, -0.15) is 5.26 Å². The number of rotatable bonds is 3. The number of hydrogen-bond donors (Lipinski definition) is 2. The Kier molecular flexibility index (Phi) is 5.24. The Morgan fingerprint density at radius 3 is 2.79 bits per heavy atom. The van der Waals surface area contributed by atoms with Gasteiger partial charge in [-0.25, -0.2) is 4.79 Å². The minimum atomic E-state index is -0.119. The van der Waals surface area contributed by atoms with Crippen molar-refractivity contribution in [3.8, 4) is 11.8 Å². The van der Waals surface area contributed by atoms with E-state index in [-0.39, 0.29) is 24.1 Å². The number of nitrogens with zero attached hydrogens (tertiary/aromatic N) is 1. The first-order valence-corrected chi connectivity index (χ1v) is 8.85. The maximum Gasteiger partial charge on any atom is 0.315 e. The Balaban J connectivity index is 1.50. The number of para-hydroxylation sites is 1. The quantitative estimate of drug-likeness (QED) is 0.892. The molecule has 1 aromatic rings. The number of carbonyl (C=O) groups is 1. The first-order chi connectivity index (χ1) is 11.7. The predicted octanol–water partition coefficient (Wildman–Crippen LogP) is 3.53. The Hall–Kier alpha value is -2.22. The van der Waals surface area contributed by atoms with Crippen LogP contribution in [0.25, 0.3) is 0 Å². The highest BCUT2D eigenvalue weighted by Gasteiger charge is 2.27. The van der Waals surface area contributed by atoms with Crippen LogP contribution in [0.2, 0.25) is 0 Å². The number of nitriles is 1. The molecule has 1 fully saturated rings. The van der Waals surface area contributed by atoms with Gasteiger partial charge in [-0.1, -0.05) is 18.2 Å². The first-order valence-electron chi connectivity index (χ1n) is 8.85. The molecule has 1 heterocycles. The van der Waals surface area contributed by atoms with Crippen molar-refractivity contribution < 1.29 is 9.53 Å². The van der Waals surface area contributed by atoms with Gasteiger partial charge in [0.05, 0.1) is 18.2 Å². The molecule has 0 aromatic heterocycles. The Morgan fingerprint density at radius 1 is 1.29 bits per heavy atom. The molecule has 0 unspecified atom stereocenters. The Labute approximate surface area is 143 Å². The summed E-state index contributed by atoms with van der Waals surface area (Å²) in [7, 11) is 0. The molecule has 128 valence electrons. The molecular formula is C19H25N3O2. The van der Waals surface area contributed by atoms with E-state index in [9.17, 15) is 4.79 Å². The van der Waals surface area contributed by atoms with Crippen LogP contribution in [0.3, 0.4) is 0 Å². The third-order valence-corrected chi connectivity index (χ3v) is 5.08. The maximum absolute atomic E-state index is 12.3. The molecule has 1 aliphatic carbocycles. The summed E-state index contributed by atoms with van der Waals surface area (Å²) in [5.41, 5.74) is 1.04. The molecule has 24 heavy (non-hydrogen) atoms. The van der Waals surface area contributed by atoms with Crippen LogP contribution in [0.4, 0.5) is 4.79 Å². The largest absolute Gasteiger partial charge is 0.490 e. The third-order valence-electron chi connectivity index (χ3n) is 5.08. The minimum absolute atomic E-state index is 0.0146. The summed E-state index contributed by atoms with van der Waals surface area (Å²) in [6.07, 6.45) is 4.82. The second kappa shape index (κ2) is 7.57. The summed E-state index contributed by atoms with van der Waals surface area (Å²) < 4.78 is 5.82. The van der Waals surface area contributed by atoms with E-state index in [0.717, 1.165) is 43.4 Å². The highest BCUT2D eigenvalue weighted by atomic mass is 16.5. The van der Waals surface area contributed by atoms with Crippen LogP contribution in [0.5, 0.6) is 5.75 Å². The number of carbonyl (C=O) groups excluding carboxylic acids is 1. The molecule has 1 aliphatic heterocycles. The van der Waals surface area contributed by atoms with Gasteiger partial charge in [0.25, 0.3) is 0 Å². The maximum atomic E-state index is 12.3. The summed E-state index contributed by atoms with van der Waals surface area (Å²) >= 11 is 0. The molecule has 0 radical (unpaired) electrons. The van der Waals surface area contributed by atoms with E-state index in [2.05, 4.69) is 16.7 Å². The summed E-state index contributed by atoms with van der Waals surface area (Å²) in [6, 6.07) is 10.1. The van der Waals surface area contributed by atoms with Gasteiger partial charge in [0.1, 0.15) is 5.75 Å². The van der Waals surface area contributed by atoms with E-state index < -0.39 is 0 Å². The van der Waals surface area contributed by atoms with E-state index in [1.54, 1.807) is 0 Å². The van der Waals surface area contributed by atoms with Gasteiger partial charge in [-0.15, -0.1) is 0 Å². The van der Waals surface area contributed by atoms with Crippen LogP contribution < -0.4 is 15.4 Å². The highest BCUT2D eigenvalue weighted by Crippen LogP contribution is 2.34. The third kappa shape index (κ3) is 4.00. The van der Waals surface area contributed by atoms with Gasteiger partial charge in [-0.05, 0) is 44.6 Å². The van der Waals surface area contributed by atoms with Gasteiger partial charge in [0.2, 0.25) is 0 Å². The number of benzene rings is 1. The molecule has 0 bridgehead atoms. The van der Waals surface area contributed by atoms with Gasteiger partial charge in [0.15, 0.2) is 0 Å². The lowest BCUT2D eigenvalue weighted by Crippen LogP contribution is -2.42. The molecule has 3 rings (SSSR count). The van der Waals surface area contributed by atoms with Crippen LogP contribution in [-0.2, 0) is 0 Å². The molecule has 0 saturated heterocycles. The number of amides is 2. The number of ether oxygens (including phenoxy) is 1. The zero-order valence-electron chi connectivity index (χ0n) is 14.1. The number of urea groups is 1. The van der Waals surface area contributed by atoms with Crippen LogP contribution in [0, 0.1) is 23.2 Å². The lowest BCUT2D eigenvalue weighted by molar-refractivity contribution is 0.165. The van der Waals surface area contributed by atoms with Gasteiger partial charge in [0, 0.05) is 24.4 Å². The molecular weight excluding hydrogens is 302 g/mol. The molecule has 5 nitrogen and oxygen atoms in total. The van der Waals surface area contributed by atoms with Crippen molar-refractivity contribution in [2.24, 2.45) is 11.8 Å². The normalized spacial score (nSPS) is 28.8. The van der Waals surface area contributed by atoms with Crippen LogP contribution in [0.15, 0.2) is 24.3 Å². The second-order valence-electron chi connectivity index (χ2n) is 6.96. The lowest BCUT2D eigenvalue weighted by atomic mass is 9.83. The van der Waals surface area contributed by atoms with Crippen molar-refractivity contribution in [3.63, 3.8) is 0 Å². The van der Waals surface area contributed by atoms with Gasteiger partial charge >= 0.3 is 6.03 Å². The van der Waals surface area contributed by atoms with Crippen molar-refractivity contribution in [2.45, 2.75) is 51.2 Å². The predicted molar refractivity (Wildman–Crippen MR) is 91.5 cm³/mol. The molecule has 2 amide bonds. The first kappa shape index (κ1) is 16.6. The smallest absolute Gasteiger partial charge is 0.315 e. The fourth-order valence-electron chi connectivity index (χ4n) is 3.68. The summed E-state index contributed by atoms with van der Waals surface area (Å²) in [5.74, 6) is 1.55. The fourth-order valence-corrected chi connectivity index (χ4v) is 3.68. The molecule has 1 aromatic carbocycles. The van der Waals surface area contributed by atoms with Crippen LogP contribution in [-0.4, -0.2) is 18.7 Å². The molecule has 5 heteroatoms. The minimum Gasteiger partial charge on any atom is -0.490 e. The van der Waals surface area contributed by atoms with E-state index in [0.29, 0.717) is 12.5 Å². The van der Waals surface area contributed by atoms with Crippen molar-refractivity contribution in [2.75, 3.05) is 6.54 Å². The van der Waals surface area contributed by atoms with Crippen LogP contribution >= 0.6 is 0 Å². The molecule has 1 saturated carbocycles.